The molecule has 2 rings (SSSR count). The van der Waals surface area contributed by atoms with E-state index < -0.39 is 5.78 Å². The molecule has 0 N–H and O–H groups in total. The number of hydrogen-bond donors (Lipinski definition) is 0. The Kier molecular flexibility index (Phi) is 4.54. The third-order valence-electron chi connectivity index (χ3n) is 3.22. The first-order valence-electron chi connectivity index (χ1n) is 6.41. The van der Waals surface area contributed by atoms with Crippen LogP contribution in [0.2, 0.25) is 0 Å². The summed E-state index contributed by atoms with van der Waals surface area (Å²) in [5.74, 6) is 0.471. The van der Waals surface area contributed by atoms with Gasteiger partial charge in [0.2, 0.25) is 0 Å². The van der Waals surface area contributed by atoms with Gasteiger partial charge in [-0.15, -0.1) is 0 Å². The molecule has 2 aromatic rings. The quantitative estimate of drug-likeness (QED) is 0.626. The number of nitriles is 1. The number of carbonyl (C=O) groups is 2. The second kappa shape index (κ2) is 6.55. The number of benzene rings is 2. The average molecular weight is 295 g/mol. The van der Waals surface area contributed by atoms with Crippen LogP contribution in [-0.4, -0.2) is 26.3 Å². The molecule has 0 unspecified atom stereocenters. The van der Waals surface area contributed by atoms with Crippen molar-refractivity contribution in [2.24, 2.45) is 0 Å². The zero-order valence-electron chi connectivity index (χ0n) is 12.1. The van der Waals surface area contributed by atoms with Crippen LogP contribution in [0, 0.1) is 11.3 Å². The summed E-state index contributed by atoms with van der Waals surface area (Å²) in [7, 11) is 2.96. The molecule has 5 heteroatoms. The zero-order valence-corrected chi connectivity index (χ0v) is 12.1. The van der Waals surface area contributed by atoms with E-state index in [9.17, 15) is 9.59 Å². The Bertz CT molecular complexity index is 775. The van der Waals surface area contributed by atoms with Gasteiger partial charge in [-0.25, -0.2) is 0 Å². The van der Waals surface area contributed by atoms with E-state index in [0.717, 1.165) is 0 Å². The minimum atomic E-state index is -0.416. The molecule has 0 fully saturated rings. The van der Waals surface area contributed by atoms with Crippen LogP contribution in [-0.2, 0) is 0 Å². The lowest BCUT2D eigenvalue weighted by atomic mass is 9.94. The van der Waals surface area contributed by atoms with Crippen molar-refractivity contribution < 1.29 is 19.1 Å². The molecule has 0 heterocycles. The van der Waals surface area contributed by atoms with Crippen LogP contribution < -0.4 is 9.47 Å². The molecule has 2 aromatic carbocycles. The maximum Gasteiger partial charge on any atom is 0.195 e. The molecule has 0 aliphatic carbocycles. The summed E-state index contributed by atoms with van der Waals surface area (Å²) < 4.78 is 10.3. The van der Waals surface area contributed by atoms with Crippen LogP contribution in [0.25, 0.3) is 0 Å². The number of hydrogen-bond acceptors (Lipinski definition) is 5. The van der Waals surface area contributed by atoms with Crippen molar-refractivity contribution >= 4 is 12.1 Å². The zero-order chi connectivity index (χ0) is 16.1. The standard InChI is InChI=1S/C17H13NO4/c1-21-14-7-6-11(8-15(14)22-2)17(20)16-12(9-18)4-3-5-13(16)10-19/h3-8,10H,1-2H3. The van der Waals surface area contributed by atoms with Crippen LogP contribution in [0.15, 0.2) is 36.4 Å². The van der Waals surface area contributed by atoms with Crippen molar-refractivity contribution in [3.63, 3.8) is 0 Å². The normalized spacial score (nSPS) is 9.68. The molecule has 5 nitrogen and oxygen atoms in total. The molecule has 0 atom stereocenters. The van der Waals surface area contributed by atoms with Crippen molar-refractivity contribution in [1.82, 2.24) is 0 Å². The number of ether oxygens (including phenoxy) is 2. The lowest BCUT2D eigenvalue weighted by Crippen LogP contribution is -2.08. The van der Waals surface area contributed by atoms with Gasteiger partial charge in [-0.1, -0.05) is 12.1 Å². The summed E-state index contributed by atoms with van der Waals surface area (Å²) in [6, 6.07) is 11.2. The second-order valence-electron chi connectivity index (χ2n) is 4.40. The fourth-order valence-corrected chi connectivity index (χ4v) is 2.14. The van der Waals surface area contributed by atoms with E-state index in [1.54, 1.807) is 18.2 Å². The highest BCUT2D eigenvalue weighted by molar-refractivity contribution is 6.14. The molecule has 110 valence electrons. The molecule has 0 aliphatic rings. The van der Waals surface area contributed by atoms with Crippen LogP contribution in [0.5, 0.6) is 11.5 Å². The minimum Gasteiger partial charge on any atom is -0.493 e. The molecule has 22 heavy (non-hydrogen) atoms. The molecular formula is C17H13NO4. The first-order valence-corrected chi connectivity index (χ1v) is 6.41. The van der Waals surface area contributed by atoms with Gasteiger partial charge in [0, 0.05) is 11.1 Å². The Morgan fingerprint density at radius 1 is 1.14 bits per heavy atom. The van der Waals surface area contributed by atoms with Gasteiger partial charge in [0.05, 0.1) is 31.4 Å². The van der Waals surface area contributed by atoms with Crippen molar-refractivity contribution in [2.45, 2.75) is 0 Å². The second-order valence-corrected chi connectivity index (χ2v) is 4.40. The van der Waals surface area contributed by atoms with Crippen LogP contribution in [0.4, 0.5) is 0 Å². The Morgan fingerprint density at radius 2 is 1.86 bits per heavy atom. The molecule has 0 aliphatic heterocycles. The van der Waals surface area contributed by atoms with Gasteiger partial charge in [-0.05, 0) is 24.3 Å². The SMILES string of the molecule is COc1ccc(C(=O)c2c(C#N)cccc2C=O)cc1OC. The van der Waals surface area contributed by atoms with Gasteiger partial charge >= 0.3 is 0 Å². The highest BCUT2D eigenvalue weighted by Gasteiger charge is 2.19. The lowest BCUT2D eigenvalue weighted by Gasteiger charge is -2.10. The van der Waals surface area contributed by atoms with Crippen LogP contribution in [0.1, 0.15) is 31.8 Å². The summed E-state index contributed by atoms with van der Waals surface area (Å²) in [4.78, 5) is 23.8. The molecule has 0 bridgehead atoms. The average Bonchev–Trinajstić information content (AvgIpc) is 2.59. The Morgan fingerprint density at radius 3 is 2.45 bits per heavy atom. The highest BCUT2D eigenvalue weighted by atomic mass is 16.5. The number of carbonyl (C=O) groups excluding carboxylic acids is 2. The van der Waals surface area contributed by atoms with E-state index in [-0.39, 0.29) is 16.7 Å². The van der Waals surface area contributed by atoms with Gasteiger partial charge in [0.15, 0.2) is 23.6 Å². The van der Waals surface area contributed by atoms with E-state index >= 15 is 0 Å². The highest BCUT2D eigenvalue weighted by Crippen LogP contribution is 2.29. The fourth-order valence-electron chi connectivity index (χ4n) is 2.14. The predicted octanol–water partition coefficient (Wildman–Crippen LogP) is 2.62. The summed E-state index contributed by atoms with van der Waals surface area (Å²) >= 11 is 0. The van der Waals surface area contributed by atoms with Crippen LogP contribution >= 0.6 is 0 Å². The predicted molar refractivity (Wildman–Crippen MR) is 79.5 cm³/mol. The van der Waals surface area contributed by atoms with E-state index in [4.69, 9.17) is 14.7 Å². The van der Waals surface area contributed by atoms with E-state index in [2.05, 4.69) is 0 Å². The van der Waals surface area contributed by atoms with E-state index in [1.165, 1.54) is 32.4 Å². The molecule has 0 aromatic heterocycles. The molecule has 0 amide bonds. The first kappa shape index (κ1) is 15.3. The van der Waals surface area contributed by atoms with E-state index in [1.807, 2.05) is 6.07 Å². The van der Waals surface area contributed by atoms with Crippen molar-refractivity contribution in [3.05, 3.63) is 58.7 Å². The van der Waals surface area contributed by atoms with Gasteiger partial charge in [0.1, 0.15) is 0 Å². The lowest BCUT2D eigenvalue weighted by molar-refractivity contribution is 0.102. The van der Waals surface area contributed by atoms with Crippen molar-refractivity contribution in [3.8, 4) is 17.6 Å². The van der Waals surface area contributed by atoms with Crippen LogP contribution in [0.3, 0.4) is 0 Å². The number of methoxy groups -OCH3 is 2. The summed E-state index contributed by atoms with van der Waals surface area (Å²) in [6.07, 6.45) is 0.564. The molecular weight excluding hydrogens is 282 g/mol. The monoisotopic (exact) mass is 295 g/mol. The van der Waals surface area contributed by atoms with Gasteiger partial charge in [-0.3, -0.25) is 9.59 Å². The summed E-state index contributed by atoms with van der Waals surface area (Å²) in [5, 5.41) is 9.15. The maximum atomic E-state index is 12.7. The first-order chi connectivity index (χ1) is 10.7. The molecule has 0 saturated heterocycles. The van der Waals surface area contributed by atoms with Gasteiger partial charge in [-0.2, -0.15) is 5.26 Å². The molecule has 0 radical (unpaired) electrons. The Balaban J connectivity index is 2.58. The fraction of sp³-hybridized carbons (Fsp3) is 0.118. The Labute approximate surface area is 127 Å². The number of rotatable bonds is 5. The van der Waals surface area contributed by atoms with Gasteiger partial charge < -0.3 is 9.47 Å². The third-order valence-corrected chi connectivity index (χ3v) is 3.22. The molecule has 0 saturated carbocycles. The number of ketones is 1. The number of nitrogens with zero attached hydrogens (tertiary/aromatic N) is 1. The minimum absolute atomic E-state index is 0.0900. The third kappa shape index (κ3) is 2.67. The summed E-state index contributed by atoms with van der Waals surface area (Å²) in [6.45, 7) is 0. The molecule has 0 spiro atoms. The smallest absolute Gasteiger partial charge is 0.195 e. The van der Waals surface area contributed by atoms with Crippen molar-refractivity contribution in [1.29, 1.82) is 5.26 Å². The maximum absolute atomic E-state index is 12.7. The Hall–Kier alpha value is -3.13. The van der Waals surface area contributed by atoms with Crippen molar-refractivity contribution in [2.75, 3.05) is 14.2 Å². The topological polar surface area (TPSA) is 76.4 Å². The largest absolute Gasteiger partial charge is 0.493 e. The number of aldehydes is 1. The van der Waals surface area contributed by atoms with Gasteiger partial charge in [0.25, 0.3) is 0 Å². The summed E-state index contributed by atoms with van der Waals surface area (Å²) in [5.41, 5.74) is 0.735. The van der Waals surface area contributed by atoms with E-state index in [0.29, 0.717) is 23.3 Å².